The van der Waals surface area contributed by atoms with Crippen LogP contribution in [-0.4, -0.2) is 25.2 Å². The van der Waals surface area contributed by atoms with Crippen molar-refractivity contribution < 1.29 is 0 Å². The zero-order chi connectivity index (χ0) is 7.68. The second-order valence-corrected chi connectivity index (χ2v) is 2.03. The first kappa shape index (κ1) is 5.90. The number of nitrogens with zero attached hydrogens (tertiary/aromatic N) is 4. The number of hydrogen-bond donors (Lipinski definition) is 2. The third kappa shape index (κ3) is 0.936. The van der Waals surface area contributed by atoms with Crippen molar-refractivity contribution in [3.05, 3.63) is 18.5 Å². The summed E-state index contributed by atoms with van der Waals surface area (Å²) in [5.41, 5.74) is 5.36. The van der Waals surface area contributed by atoms with E-state index in [9.17, 15) is 0 Å². The van der Waals surface area contributed by atoms with E-state index in [1.54, 1.807) is 18.5 Å². The van der Waals surface area contributed by atoms with Crippen LogP contribution in [0.15, 0.2) is 18.5 Å². The molecule has 0 saturated carbocycles. The zero-order valence-corrected chi connectivity index (χ0v) is 5.60. The van der Waals surface area contributed by atoms with E-state index in [4.69, 9.17) is 5.73 Å². The van der Waals surface area contributed by atoms with Crippen molar-refractivity contribution in [2.45, 2.75) is 0 Å². The summed E-state index contributed by atoms with van der Waals surface area (Å²) in [5, 5.41) is 13.8. The van der Waals surface area contributed by atoms with Crippen LogP contribution >= 0.6 is 0 Å². The van der Waals surface area contributed by atoms with Gasteiger partial charge in [-0.25, -0.2) is 4.68 Å². The molecule has 0 saturated heterocycles. The van der Waals surface area contributed by atoms with Crippen molar-refractivity contribution in [1.29, 1.82) is 0 Å². The molecule has 2 aromatic rings. The van der Waals surface area contributed by atoms with Crippen LogP contribution in [0.2, 0.25) is 0 Å². The minimum absolute atomic E-state index is 0.389. The van der Waals surface area contributed by atoms with Crippen LogP contribution in [-0.2, 0) is 0 Å². The molecule has 0 aliphatic carbocycles. The monoisotopic (exact) mass is 150 g/mol. The fraction of sp³-hybridized carbons (Fsp3) is 0. The SMILES string of the molecule is Nc1cn(-c2ccn[nH]2)nn1. The lowest BCUT2D eigenvalue weighted by Crippen LogP contribution is -1.94. The van der Waals surface area contributed by atoms with E-state index in [2.05, 4.69) is 20.5 Å². The number of hydrogen-bond acceptors (Lipinski definition) is 4. The molecule has 0 spiro atoms. The fourth-order valence-electron chi connectivity index (χ4n) is 0.771. The second-order valence-electron chi connectivity index (χ2n) is 2.03. The van der Waals surface area contributed by atoms with Gasteiger partial charge in [0, 0.05) is 6.07 Å². The largest absolute Gasteiger partial charge is 0.381 e. The van der Waals surface area contributed by atoms with Crippen molar-refractivity contribution in [2.75, 3.05) is 5.73 Å². The highest BCUT2D eigenvalue weighted by Crippen LogP contribution is 2.00. The lowest BCUT2D eigenvalue weighted by Gasteiger charge is -1.89. The molecule has 0 amide bonds. The minimum Gasteiger partial charge on any atom is -0.381 e. The van der Waals surface area contributed by atoms with Gasteiger partial charge < -0.3 is 5.73 Å². The number of nitrogen functional groups attached to an aromatic ring is 1. The molecule has 2 aromatic heterocycles. The number of aromatic amines is 1. The van der Waals surface area contributed by atoms with Gasteiger partial charge in [-0.05, 0) is 0 Å². The molecule has 0 aromatic carbocycles. The fourth-order valence-corrected chi connectivity index (χ4v) is 0.771. The van der Waals surface area contributed by atoms with Crippen molar-refractivity contribution in [1.82, 2.24) is 25.2 Å². The summed E-state index contributed by atoms with van der Waals surface area (Å²) in [6, 6.07) is 1.77. The Bertz CT molecular complexity index is 333. The van der Waals surface area contributed by atoms with Crippen molar-refractivity contribution >= 4 is 5.82 Å². The van der Waals surface area contributed by atoms with Gasteiger partial charge >= 0.3 is 0 Å². The molecule has 56 valence electrons. The summed E-state index contributed by atoms with van der Waals surface area (Å²) in [4.78, 5) is 0. The van der Waals surface area contributed by atoms with E-state index in [1.807, 2.05) is 0 Å². The third-order valence-electron chi connectivity index (χ3n) is 1.24. The van der Waals surface area contributed by atoms with Gasteiger partial charge in [0.15, 0.2) is 11.6 Å². The number of rotatable bonds is 1. The quantitative estimate of drug-likeness (QED) is 0.577. The van der Waals surface area contributed by atoms with Gasteiger partial charge in [-0.15, -0.1) is 5.10 Å². The lowest BCUT2D eigenvalue weighted by molar-refractivity contribution is 0.776. The topological polar surface area (TPSA) is 85.4 Å². The molecule has 0 aliphatic heterocycles. The average Bonchev–Trinajstić information content (AvgIpc) is 2.55. The van der Waals surface area contributed by atoms with E-state index in [-0.39, 0.29) is 0 Å². The summed E-state index contributed by atoms with van der Waals surface area (Å²) in [6.45, 7) is 0. The highest BCUT2D eigenvalue weighted by molar-refractivity contribution is 5.26. The van der Waals surface area contributed by atoms with E-state index in [0.29, 0.717) is 5.82 Å². The van der Waals surface area contributed by atoms with Crippen molar-refractivity contribution in [2.24, 2.45) is 0 Å². The van der Waals surface area contributed by atoms with Crippen LogP contribution < -0.4 is 5.73 Å². The Balaban J connectivity index is 2.45. The summed E-state index contributed by atoms with van der Waals surface area (Å²) in [5.74, 6) is 1.13. The molecule has 2 rings (SSSR count). The number of aromatic nitrogens is 5. The van der Waals surface area contributed by atoms with Crippen LogP contribution in [0.1, 0.15) is 0 Å². The van der Waals surface area contributed by atoms with Crippen LogP contribution in [0.4, 0.5) is 5.82 Å². The Morgan fingerprint density at radius 1 is 1.55 bits per heavy atom. The standard InChI is InChI=1S/C5H6N6/c6-4-3-11(10-8-4)5-1-2-7-9-5/h1-3H,6H2,(H,7,9). The molecule has 3 N–H and O–H groups in total. The summed E-state index contributed by atoms with van der Waals surface area (Å²) in [6.07, 6.45) is 3.24. The highest BCUT2D eigenvalue weighted by atomic mass is 15.5. The molecule has 2 heterocycles. The Kier molecular flexibility index (Phi) is 1.12. The zero-order valence-electron chi connectivity index (χ0n) is 5.60. The highest BCUT2D eigenvalue weighted by Gasteiger charge is 1.98. The molecule has 6 nitrogen and oxygen atoms in total. The maximum Gasteiger partial charge on any atom is 0.166 e. The van der Waals surface area contributed by atoms with E-state index < -0.39 is 0 Å². The van der Waals surface area contributed by atoms with Crippen LogP contribution in [0.5, 0.6) is 0 Å². The summed E-state index contributed by atoms with van der Waals surface area (Å²) < 4.78 is 1.52. The van der Waals surface area contributed by atoms with Gasteiger partial charge in [-0.1, -0.05) is 5.21 Å². The lowest BCUT2D eigenvalue weighted by atomic mass is 10.6. The van der Waals surface area contributed by atoms with Crippen LogP contribution in [0, 0.1) is 0 Å². The van der Waals surface area contributed by atoms with Crippen molar-refractivity contribution in [3.8, 4) is 5.82 Å². The number of anilines is 1. The van der Waals surface area contributed by atoms with E-state index in [0.717, 1.165) is 5.82 Å². The van der Waals surface area contributed by atoms with Crippen molar-refractivity contribution in [3.63, 3.8) is 0 Å². The van der Waals surface area contributed by atoms with E-state index in [1.165, 1.54) is 4.68 Å². The molecule has 11 heavy (non-hydrogen) atoms. The maximum absolute atomic E-state index is 5.36. The maximum atomic E-state index is 5.36. The summed E-state index contributed by atoms with van der Waals surface area (Å²) >= 11 is 0. The Morgan fingerprint density at radius 3 is 3.00 bits per heavy atom. The molecule has 0 radical (unpaired) electrons. The van der Waals surface area contributed by atoms with Crippen LogP contribution in [0.25, 0.3) is 5.82 Å². The van der Waals surface area contributed by atoms with Gasteiger partial charge in [-0.3, -0.25) is 5.10 Å². The molecule has 0 fully saturated rings. The molecular weight excluding hydrogens is 144 g/mol. The average molecular weight is 150 g/mol. The molecule has 0 bridgehead atoms. The van der Waals surface area contributed by atoms with E-state index >= 15 is 0 Å². The first-order valence-corrected chi connectivity index (χ1v) is 3.04. The Morgan fingerprint density at radius 2 is 2.45 bits per heavy atom. The smallest absolute Gasteiger partial charge is 0.166 e. The normalized spacial score (nSPS) is 10.2. The molecule has 0 aliphatic rings. The first-order valence-electron chi connectivity index (χ1n) is 3.04. The number of nitrogens with one attached hydrogen (secondary N) is 1. The number of nitrogens with two attached hydrogens (primary N) is 1. The van der Waals surface area contributed by atoms with Gasteiger partial charge in [0.2, 0.25) is 0 Å². The third-order valence-corrected chi connectivity index (χ3v) is 1.24. The van der Waals surface area contributed by atoms with Crippen LogP contribution in [0.3, 0.4) is 0 Å². The molecule has 0 unspecified atom stereocenters. The first-order chi connectivity index (χ1) is 5.36. The van der Waals surface area contributed by atoms with Gasteiger partial charge in [0.25, 0.3) is 0 Å². The Labute approximate surface area is 62.0 Å². The predicted octanol–water partition coefficient (Wildman–Crippen LogP) is -0.427. The van der Waals surface area contributed by atoms with Gasteiger partial charge in [0.1, 0.15) is 0 Å². The van der Waals surface area contributed by atoms with Gasteiger partial charge in [-0.2, -0.15) is 5.10 Å². The predicted molar refractivity (Wildman–Crippen MR) is 37.9 cm³/mol. The minimum atomic E-state index is 0.389. The van der Waals surface area contributed by atoms with Gasteiger partial charge in [0.05, 0.1) is 12.4 Å². The number of H-pyrrole nitrogens is 1. The molecule has 0 atom stereocenters. The summed E-state index contributed by atoms with van der Waals surface area (Å²) in [7, 11) is 0. The second kappa shape index (κ2) is 2.08. The molecular formula is C5H6N6. The Hall–Kier alpha value is -1.85. The molecule has 6 heteroatoms.